The van der Waals surface area contributed by atoms with Crippen LogP contribution in [0.15, 0.2) is 47.4 Å². The van der Waals surface area contributed by atoms with Gasteiger partial charge in [-0.3, -0.25) is 9.59 Å². The Labute approximate surface area is 165 Å². The molecule has 150 valence electrons. The molecule has 0 radical (unpaired) electrons. The van der Waals surface area contributed by atoms with Crippen LogP contribution in [0.3, 0.4) is 0 Å². The first-order chi connectivity index (χ1) is 13.1. The maximum Gasteiger partial charge on any atom is 0.240 e. The normalized spacial score (nSPS) is 11.1. The van der Waals surface area contributed by atoms with Gasteiger partial charge in [-0.15, -0.1) is 0 Å². The molecule has 0 heterocycles. The minimum absolute atomic E-state index is 0.000820. The second kappa shape index (κ2) is 8.99. The summed E-state index contributed by atoms with van der Waals surface area (Å²) in [5, 5.41) is 2.70. The highest BCUT2D eigenvalue weighted by atomic mass is 32.2. The van der Waals surface area contributed by atoms with E-state index in [2.05, 4.69) is 10.0 Å². The van der Waals surface area contributed by atoms with Crippen LogP contribution in [0.25, 0.3) is 0 Å². The molecule has 2 N–H and O–H groups in total. The number of nitrogens with zero attached hydrogens (tertiary/aromatic N) is 1. The lowest BCUT2D eigenvalue weighted by Gasteiger charge is -2.15. The minimum Gasteiger partial charge on any atom is -0.326 e. The van der Waals surface area contributed by atoms with E-state index in [-0.39, 0.29) is 29.7 Å². The van der Waals surface area contributed by atoms with Crippen molar-refractivity contribution in [1.29, 1.82) is 0 Å². The number of amides is 2. The van der Waals surface area contributed by atoms with Crippen molar-refractivity contribution >= 4 is 33.2 Å². The van der Waals surface area contributed by atoms with Gasteiger partial charge in [0.1, 0.15) is 0 Å². The summed E-state index contributed by atoms with van der Waals surface area (Å²) in [5.41, 5.74) is 3.19. The van der Waals surface area contributed by atoms with Crippen molar-refractivity contribution in [2.45, 2.75) is 32.1 Å². The van der Waals surface area contributed by atoms with E-state index in [0.29, 0.717) is 11.4 Å². The van der Waals surface area contributed by atoms with Crippen molar-refractivity contribution in [2.75, 3.05) is 23.8 Å². The smallest absolute Gasteiger partial charge is 0.240 e. The highest BCUT2D eigenvalue weighted by Gasteiger charge is 2.15. The van der Waals surface area contributed by atoms with Crippen LogP contribution in [0.5, 0.6) is 0 Å². The molecule has 0 bridgehead atoms. The molecular weight excluding hydrogens is 378 g/mol. The van der Waals surface area contributed by atoms with Gasteiger partial charge in [0.15, 0.2) is 0 Å². The molecule has 0 aliphatic rings. The summed E-state index contributed by atoms with van der Waals surface area (Å²) in [5.74, 6) is -0.400. The van der Waals surface area contributed by atoms with Crippen LogP contribution in [0.4, 0.5) is 11.4 Å². The van der Waals surface area contributed by atoms with Crippen LogP contribution in [0.2, 0.25) is 0 Å². The standard InChI is InChI=1S/C20H25N3O4S/c1-14-5-10-19(13-15(14)2)28(26,27)21-12-11-20(25)22-17-6-8-18(9-7-17)23(4)16(3)24/h5-10,13,21H,11-12H2,1-4H3,(H,22,25). The Morgan fingerprint density at radius 2 is 1.64 bits per heavy atom. The third-order valence-corrected chi connectivity index (χ3v) is 5.90. The summed E-state index contributed by atoms with van der Waals surface area (Å²) < 4.78 is 27.1. The summed E-state index contributed by atoms with van der Waals surface area (Å²) >= 11 is 0. The van der Waals surface area contributed by atoms with Gasteiger partial charge in [-0.2, -0.15) is 0 Å². The second-order valence-electron chi connectivity index (χ2n) is 6.57. The molecule has 0 saturated carbocycles. The highest BCUT2D eigenvalue weighted by molar-refractivity contribution is 7.89. The largest absolute Gasteiger partial charge is 0.326 e. The maximum atomic E-state index is 12.3. The molecule has 2 aromatic carbocycles. The first-order valence-electron chi connectivity index (χ1n) is 8.81. The molecule has 0 spiro atoms. The Morgan fingerprint density at radius 3 is 2.21 bits per heavy atom. The van der Waals surface area contributed by atoms with Crippen LogP contribution in [0, 0.1) is 13.8 Å². The van der Waals surface area contributed by atoms with Crippen molar-refractivity contribution in [3.63, 3.8) is 0 Å². The van der Waals surface area contributed by atoms with Crippen LogP contribution < -0.4 is 14.9 Å². The Morgan fingerprint density at radius 1 is 1.00 bits per heavy atom. The summed E-state index contributed by atoms with van der Waals surface area (Å²) in [6.07, 6.45) is -0.000820. The number of hydrogen-bond acceptors (Lipinski definition) is 4. The van der Waals surface area contributed by atoms with E-state index < -0.39 is 10.0 Å². The van der Waals surface area contributed by atoms with Gasteiger partial charge in [-0.25, -0.2) is 13.1 Å². The van der Waals surface area contributed by atoms with Crippen molar-refractivity contribution in [2.24, 2.45) is 0 Å². The molecule has 0 aliphatic heterocycles. The fourth-order valence-corrected chi connectivity index (χ4v) is 3.55. The van der Waals surface area contributed by atoms with Crippen molar-refractivity contribution in [3.05, 3.63) is 53.6 Å². The maximum absolute atomic E-state index is 12.3. The zero-order valence-electron chi connectivity index (χ0n) is 16.4. The van der Waals surface area contributed by atoms with E-state index in [9.17, 15) is 18.0 Å². The van der Waals surface area contributed by atoms with Crippen LogP contribution in [-0.2, 0) is 19.6 Å². The average molecular weight is 404 g/mol. The summed E-state index contributed by atoms with van der Waals surface area (Å²) in [6.45, 7) is 5.22. The van der Waals surface area contributed by atoms with Gasteiger partial charge in [0, 0.05) is 38.3 Å². The predicted molar refractivity (Wildman–Crippen MR) is 110 cm³/mol. The molecule has 2 aromatic rings. The molecule has 0 saturated heterocycles. The van der Waals surface area contributed by atoms with E-state index in [4.69, 9.17) is 0 Å². The first kappa shape index (κ1) is 21.6. The highest BCUT2D eigenvalue weighted by Crippen LogP contribution is 2.17. The molecule has 28 heavy (non-hydrogen) atoms. The number of benzene rings is 2. The van der Waals surface area contributed by atoms with Crippen LogP contribution in [0.1, 0.15) is 24.5 Å². The second-order valence-corrected chi connectivity index (χ2v) is 8.33. The predicted octanol–water partition coefficient (Wildman–Crippen LogP) is 2.59. The topological polar surface area (TPSA) is 95.6 Å². The summed E-state index contributed by atoms with van der Waals surface area (Å²) in [7, 11) is -1.99. The molecule has 8 heteroatoms. The third-order valence-electron chi connectivity index (χ3n) is 4.44. The fraction of sp³-hybridized carbons (Fsp3) is 0.300. The van der Waals surface area contributed by atoms with E-state index in [1.807, 2.05) is 13.8 Å². The number of rotatable bonds is 7. The number of aryl methyl sites for hydroxylation is 2. The zero-order chi connectivity index (χ0) is 20.9. The SMILES string of the molecule is CC(=O)N(C)c1ccc(NC(=O)CCNS(=O)(=O)c2ccc(C)c(C)c2)cc1. The third kappa shape index (κ3) is 5.64. The van der Waals surface area contributed by atoms with Crippen molar-refractivity contribution in [3.8, 4) is 0 Å². The number of carbonyl (C=O) groups excluding carboxylic acids is 2. The Bertz CT molecular complexity index is 969. The fourth-order valence-electron chi connectivity index (χ4n) is 2.44. The molecule has 0 unspecified atom stereocenters. The van der Waals surface area contributed by atoms with E-state index in [1.54, 1.807) is 49.5 Å². The molecule has 0 aliphatic carbocycles. The molecule has 2 amide bonds. The number of hydrogen-bond donors (Lipinski definition) is 2. The lowest BCUT2D eigenvalue weighted by atomic mass is 10.1. The quantitative estimate of drug-likeness (QED) is 0.743. The van der Waals surface area contributed by atoms with Gasteiger partial charge in [0.05, 0.1) is 4.90 Å². The summed E-state index contributed by atoms with van der Waals surface area (Å²) in [4.78, 5) is 25.1. The Hall–Kier alpha value is -2.71. The van der Waals surface area contributed by atoms with Gasteiger partial charge in [-0.05, 0) is 61.4 Å². The number of sulfonamides is 1. The Balaban J connectivity index is 1.88. The van der Waals surface area contributed by atoms with Crippen molar-refractivity contribution in [1.82, 2.24) is 4.72 Å². The van der Waals surface area contributed by atoms with Gasteiger partial charge in [0.2, 0.25) is 21.8 Å². The number of carbonyl (C=O) groups is 2. The van der Waals surface area contributed by atoms with Gasteiger partial charge >= 0.3 is 0 Å². The van der Waals surface area contributed by atoms with E-state index in [0.717, 1.165) is 11.1 Å². The molecule has 0 atom stereocenters. The minimum atomic E-state index is -3.66. The number of anilines is 2. The van der Waals surface area contributed by atoms with Crippen molar-refractivity contribution < 1.29 is 18.0 Å². The molecular formula is C20H25N3O4S. The molecule has 0 aromatic heterocycles. The number of nitrogens with one attached hydrogen (secondary N) is 2. The van der Waals surface area contributed by atoms with Crippen LogP contribution >= 0.6 is 0 Å². The monoisotopic (exact) mass is 403 g/mol. The zero-order valence-corrected chi connectivity index (χ0v) is 17.3. The summed E-state index contributed by atoms with van der Waals surface area (Å²) in [6, 6.07) is 11.7. The van der Waals surface area contributed by atoms with Gasteiger partial charge in [-0.1, -0.05) is 6.07 Å². The Kier molecular flexibility index (Phi) is 6.93. The molecule has 0 fully saturated rings. The van der Waals surface area contributed by atoms with E-state index >= 15 is 0 Å². The lowest BCUT2D eigenvalue weighted by Crippen LogP contribution is -2.28. The molecule has 2 rings (SSSR count). The lowest BCUT2D eigenvalue weighted by molar-refractivity contribution is -0.117. The van der Waals surface area contributed by atoms with Gasteiger partial charge in [0.25, 0.3) is 0 Å². The van der Waals surface area contributed by atoms with Crippen LogP contribution in [-0.4, -0.2) is 33.8 Å². The van der Waals surface area contributed by atoms with E-state index in [1.165, 1.54) is 11.8 Å². The average Bonchev–Trinajstić information content (AvgIpc) is 2.63. The molecule has 7 nitrogen and oxygen atoms in total. The first-order valence-corrected chi connectivity index (χ1v) is 10.3. The van der Waals surface area contributed by atoms with Gasteiger partial charge < -0.3 is 10.2 Å².